The first-order valence-electron chi connectivity index (χ1n) is 5.94. The topological polar surface area (TPSA) is 62.1 Å². The fourth-order valence-electron chi connectivity index (χ4n) is 1.45. The summed E-state index contributed by atoms with van der Waals surface area (Å²) in [5.41, 5.74) is -0.644. The molecule has 0 saturated carbocycles. The van der Waals surface area contributed by atoms with E-state index in [1.807, 2.05) is 0 Å². The van der Waals surface area contributed by atoms with Crippen LogP contribution in [0.5, 0.6) is 0 Å². The molecular weight excluding hydrogens is 285 g/mol. The van der Waals surface area contributed by atoms with Crippen LogP contribution >= 0.6 is 0 Å². The number of amides is 1. The predicted octanol–water partition coefficient (Wildman–Crippen LogP) is 2.37. The van der Waals surface area contributed by atoms with Crippen LogP contribution in [0.25, 0.3) is 6.08 Å². The molecule has 0 spiro atoms. The van der Waals surface area contributed by atoms with Crippen molar-refractivity contribution in [3.05, 3.63) is 41.0 Å². The van der Waals surface area contributed by atoms with E-state index in [0.717, 1.165) is 12.1 Å². The van der Waals surface area contributed by atoms with Crippen LogP contribution in [-0.2, 0) is 15.7 Å². The van der Waals surface area contributed by atoms with E-state index >= 15 is 0 Å². The molecule has 0 atom stereocenters. The summed E-state index contributed by atoms with van der Waals surface area (Å²) in [6.45, 7) is 0.534. The first kappa shape index (κ1) is 16.7. The van der Waals surface area contributed by atoms with E-state index in [2.05, 4.69) is 5.32 Å². The lowest BCUT2D eigenvalue weighted by molar-refractivity contribution is -0.137. The molecule has 4 nitrogen and oxygen atoms in total. The molecule has 0 aliphatic heterocycles. The van der Waals surface area contributed by atoms with E-state index < -0.39 is 17.6 Å². The second-order valence-corrected chi connectivity index (χ2v) is 4.04. The van der Waals surface area contributed by atoms with Crippen molar-refractivity contribution in [1.82, 2.24) is 5.32 Å². The SMILES string of the molecule is COCCNC(=O)C(C#N)=Cc1ccc(C(F)(F)F)cc1. The van der Waals surface area contributed by atoms with Gasteiger partial charge in [-0.25, -0.2) is 0 Å². The number of ether oxygens (including phenoxy) is 1. The number of hydrogen-bond acceptors (Lipinski definition) is 3. The van der Waals surface area contributed by atoms with Crippen molar-refractivity contribution in [3.8, 4) is 6.07 Å². The second-order valence-electron chi connectivity index (χ2n) is 4.04. The third-order valence-electron chi connectivity index (χ3n) is 2.51. The highest BCUT2D eigenvalue weighted by Gasteiger charge is 2.29. The number of hydrogen-bond donors (Lipinski definition) is 1. The van der Waals surface area contributed by atoms with Gasteiger partial charge in [-0.15, -0.1) is 0 Å². The van der Waals surface area contributed by atoms with Crippen LogP contribution in [0, 0.1) is 11.3 Å². The Bertz CT molecular complexity index is 557. The van der Waals surface area contributed by atoms with Gasteiger partial charge in [0, 0.05) is 13.7 Å². The number of alkyl halides is 3. The predicted molar refractivity (Wildman–Crippen MR) is 69.9 cm³/mol. The van der Waals surface area contributed by atoms with E-state index in [-0.39, 0.29) is 12.1 Å². The van der Waals surface area contributed by atoms with E-state index in [1.54, 1.807) is 6.07 Å². The summed E-state index contributed by atoms with van der Waals surface area (Å²) in [6, 6.07) is 5.89. The molecular formula is C14H13F3N2O2. The number of methoxy groups -OCH3 is 1. The lowest BCUT2D eigenvalue weighted by atomic mass is 10.1. The molecule has 1 N–H and O–H groups in total. The summed E-state index contributed by atoms with van der Waals surface area (Å²) in [4.78, 5) is 11.6. The summed E-state index contributed by atoms with van der Waals surface area (Å²) >= 11 is 0. The summed E-state index contributed by atoms with van der Waals surface area (Å²) in [7, 11) is 1.47. The van der Waals surface area contributed by atoms with Crippen LogP contribution in [0.2, 0.25) is 0 Å². The van der Waals surface area contributed by atoms with Gasteiger partial charge in [-0.05, 0) is 23.8 Å². The fourth-order valence-corrected chi connectivity index (χ4v) is 1.45. The third kappa shape index (κ3) is 5.28. The lowest BCUT2D eigenvalue weighted by Gasteiger charge is -2.06. The lowest BCUT2D eigenvalue weighted by Crippen LogP contribution is -2.27. The highest BCUT2D eigenvalue weighted by molar-refractivity contribution is 6.01. The van der Waals surface area contributed by atoms with Gasteiger partial charge < -0.3 is 10.1 Å². The third-order valence-corrected chi connectivity index (χ3v) is 2.51. The molecule has 1 aromatic carbocycles. The smallest absolute Gasteiger partial charge is 0.383 e. The molecule has 21 heavy (non-hydrogen) atoms. The second kappa shape index (κ2) is 7.45. The maximum absolute atomic E-state index is 12.4. The summed E-state index contributed by atoms with van der Waals surface area (Å²) < 4.78 is 42.0. The van der Waals surface area contributed by atoms with Gasteiger partial charge in [0.05, 0.1) is 12.2 Å². The van der Waals surface area contributed by atoms with Crippen molar-refractivity contribution < 1.29 is 22.7 Å². The normalized spacial score (nSPS) is 11.9. The molecule has 0 aliphatic rings. The Morgan fingerprint density at radius 3 is 2.48 bits per heavy atom. The molecule has 7 heteroatoms. The minimum Gasteiger partial charge on any atom is -0.383 e. The molecule has 0 aromatic heterocycles. The van der Waals surface area contributed by atoms with Gasteiger partial charge in [-0.3, -0.25) is 4.79 Å². The number of nitriles is 1. The van der Waals surface area contributed by atoms with Gasteiger partial charge in [0.2, 0.25) is 0 Å². The average Bonchev–Trinajstić information content (AvgIpc) is 2.44. The number of carbonyl (C=O) groups excluding carboxylic acids is 1. The number of carbonyl (C=O) groups is 1. The van der Waals surface area contributed by atoms with Gasteiger partial charge in [0.25, 0.3) is 5.91 Å². The van der Waals surface area contributed by atoms with Crippen LogP contribution < -0.4 is 5.32 Å². The molecule has 0 radical (unpaired) electrons. The summed E-state index contributed by atoms with van der Waals surface area (Å²) in [6.07, 6.45) is -3.19. The number of rotatable bonds is 5. The van der Waals surface area contributed by atoms with Crippen LogP contribution in [0.1, 0.15) is 11.1 Å². The highest BCUT2D eigenvalue weighted by Crippen LogP contribution is 2.29. The number of nitrogens with zero attached hydrogens (tertiary/aromatic N) is 1. The Morgan fingerprint density at radius 1 is 1.38 bits per heavy atom. The molecule has 1 aromatic rings. The maximum Gasteiger partial charge on any atom is 0.416 e. The number of halogens is 3. The Kier molecular flexibility index (Phi) is 5.93. The molecule has 0 aliphatic carbocycles. The zero-order valence-electron chi connectivity index (χ0n) is 11.2. The van der Waals surface area contributed by atoms with Gasteiger partial charge in [-0.1, -0.05) is 12.1 Å². The Morgan fingerprint density at radius 2 is 2.00 bits per heavy atom. The average molecular weight is 298 g/mol. The van der Waals surface area contributed by atoms with E-state index in [0.29, 0.717) is 12.2 Å². The van der Waals surface area contributed by atoms with Crippen molar-refractivity contribution in [1.29, 1.82) is 5.26 Å². The van der Waals surface area contributed by atoms with Crippen molar-refractivity contribution in [3.63, 3.8) is 0 Å². The zero-order valence-corrected chi connectivity index (χ0v) is 11.2. The van der Waals surface area contributed by atoms with E-state index in [9.17, 15) is 18.0 Å². The quantitative estimate of drug-likeness (QED) is 0.516. The van der Waals surface area contributed by atoms with Gasteiger partial charge in [-0.2, -0.15) is 18.4 Å². The van der Waals surface area contributed by atoms with Crippen LogP contribution in [-0.4, -0.2) is 26.2 Å². The monoisotopic (exact) mass is 298 g/mol. The van der Waals surface area contributed by atoms with Gasteiger partial charge in [0.15, 0.2) is 0 Å². The Labute approximate surface area is 119 Å². The first-order chi connectivity index (χ1) is 9.88. The minimum atomic E-state index is -4.42. The van der Waals surface area contributed by atoms with E-state index in [4.69, 9.17) is 10.00 Å². The molecule has 0 saturated heterocycles. The fraction of sp³-hybridized carbons (Fsp3) is 0.286. The molecule has 112 valence electrons. The van der Waals surface area contributed by atoms with Crippen LogP contribution in [0.3, 0.4) is 0 Å². The van der Waals surface area contributed by atoms with Crippen LogP contribution in [0.4, 0.5) is 13.2 Å². The van der Waals surface area contributed by atoms with Crippen molar-refractivity contribution in [2.24, 2.45) is 0 Å². The van der Waals surface area contributed by atoms with E-state index in [1.165, 1.54) is 25.3 Å². The van der Waals surface area contributed by atoms with Gasteiger partial charge in [0.1, 0.15) is 11.6 Å². The zero-order chi connectivity index (χ0) is 15.9. The standard InChI is InChI=1S/C14H13F3N2O2/c1-21-7-6-19-13(20)11(9-18)8-10-2-4-12(5-3-10)14(15,16)17/h2-5,8H,6-7H2,1H3,(H,19,20). The Hall–Kier alpha value is -2.33. The first-order valence-corrected chi connectivity index (χ1v) is 5.94. The van der Waals surface area contributed by atoms with Crippen molar-refractivity contribution >= 4 is 12.0 Å². The largest absolute Gasteiger partial charge is 0.416 e. The Balaban J connectivity index is 2.84. The van der Waals surface area contributed by atoms with Crippen molar-refractivity contribution in [2.45, 2.75) is 6.18 Å². The molecule has 0 heterocycles. The molecule has 1 rings (SSSR count). The molecule has 1 amide bonds. The number of nitrogens with one attached hydrogen (secondary N) is 1. The molecule has 0 bridgehead atoms. The van der Waals surface area contributed by atoms with Gasteiger partial charge >= 0.3 is 6.18 Å². The van der Waals surface area contributed by atoms with Crippen molar-refractivity contribution in [2.75, 3.05) is 20.3 Å². The maximum atomic E-state index is 12.4. The summed E-state index contributed by atoms with van der Waals surface area (Å²) in [5, 5.41) is 11.4. The number of benzene rings is 1. The highest BCUT2D eigenvalue weighted by atomic mass is 19.4. The molecule has 0 fully saturated rings. The summed E-state index contributed by atoms with van der Waals surface area (Å²) in [5.74, 6) is -0.602. The minimum absolute atomic E-state index is 0.189. The molecule has 0 unspecified atom stereocenters. The van der Waals surface area contributed by atoms with Crippen LogP contribution in [0.15, 0.2) is 29.8 Å².